The molecule has 0 fully saturated rings. The summed E-state index contributed by atoms with van der Waals surface area (Å²) < 4.78 is 0. The first-order valence-electron chi connectivity index (χ1n) is 5.76. The lowest BCUT2D eigenvalue weighted by atomic mass is 10.1. The van der Waals surface area contributed by atoms with Gasteiger partial charge in [0.15, 0.2) is 0 Å². The molecule has 0 aromatic heterocycles. The number of hydrogen-bond donors (Lipinski definition) is 2. The molecule has 3 heteroatoms. The predicted octanol–water partition coefficient (Wildman–Crippen LogP) is 1.34. The van der Waals surface area contributed by atoms with Crippen LogP contribution >= 0.6 is 0 Å². The fourth-order valence-corrected chi connectivity index (χ4v) is 1.58. The Labute approximate surface area is 97.2 Å². The molecule has 1 aromatic carbocycles. The number of rotatable bonds is 6. The maximum Gasteiger partial charge on any atom is 0.234 e. The number of hydrogen-bond acceptors (Lipinski definition) is 2. The molecule has 0 saturated carbocycles. The van der Waals surface area contributed by atoms with Crippen LogP contribution in [-0.4, -0.2) is 25.0 Å². The molecular formula is C13H20N2O. The molecule has 2 N–H and O–H groups in total. The molecule has 0 heterocycles. The topological polar surface area (TPSA) is 41.1 Å². The standard InChI is InChI=1S/C13H20N2O/c1-3-14-10-13(16)15-11(2)9-12-7-5-4-6-8-12/h4-8,11,14H,3,9-10H2,1-2H3,(H,15,16). The van der Waals surface area contributed by atoms with Crippen molar-refractivity contribution in [1.29, 1.82) is 0 Å². The van der Waals surface area contributed by atoms with Gasteiger partial charge in [0.1, 0.15) is 0 Å². The van der Waals surface area contributed by atoms with Crippen LogP contribution in [0.1, 0.15) is 19.4 Å². The zero-order valence-corrected chi connectivity index (χ0v) is 9.99. The van der Waals surface area contributed by atoms with Crippen molar-refractivity contribution in [3.05, 3.63) is 35.9 Å². The minimum Gasteiger partial charge on any atom is -0.352 e. The van der Waals surface area contributed by atoms with Gasteiger partial charge >= 0.3 is 0 Å². The summed E-state index contributed by atoms with van der Waals surface area (Å²) in [5.74, 6) is 0.0604. The molecule has 16 heavy (non-hydrogen) atoms. The van der Waals surface area contributed by atoms with Crippen molar-refractivity contribution in [2.75, 3.05) is 13.1 Å². The third kappa shape index (κ3) is 4.94. The van der Waals surface area contributed by atoms with Gasteiger partial charge in [-0.2, -0.15) is 0 Å². The second-order valence-electron chi connectivity index (χ2n) is 3.94. The SMILES string of the molecule is CCNCC(=O)NC(C)Cc1ccccc1. The van der Waals surface area contributed by atoms with Crippen LogP contribution in [-0.2, 0) is 11.2 Å². The molecule has 1 amide bonds. The number of carbonyl (C=O) groups is 1. The Bertz CT molecular complexity index is 311. The van der Waals surface area contributed by atoms with E-state index < -0.39 is 0 Å². The first-order valence-corrected chi connectivity index (χ1v) is 5.76. The quantitative estimate of drug-likeness (QED) is 0.759. The Hall–Kier alpha value is -1.35. The van der Waals surface area contributed by atoms with Crippen LogP contribution in [0.25, 0.3) is 0 Å². The summed E-state index contributed by atoms with van der Waals surface area (Å²) >= 11 is 0. The van der Waals surface area contributed by atoms with Gasteiger partial charge in [-0.05, 0) is 25.5 Å². The summed E-state index contributed by atoms with van der Waals surface area (Å²) in [4.78, 5) is 11.4. The summed E-state index contributed by atoms with van der Waals surface area (Å²) in [5.41, 5.74) is 1.25. The Morgan fingerprint density at radius 1 is 1.31 bits per heavy atom. The molecule has 1 aromatic rings. The van der Waals surface area contributed by atoms with E-state index in [4.69, 9.17) is 0 Å². The highest BCUT2D eigenvalue weighted by molar-refractivity contribution is 5.78. The Morgan fingerprint density at radius 2 is 2.00 bits per heavy atom. The van der Waals surface area contributed by atoms with E-state index in [9.17, 15) is 4.79 Å². The van der Waals surface area contributed by atoms with Crippen molar-refractivity contribution in [3.8, 4) is 0 Å². The molecule has 1 rings (SSSR count). The minimum atomic E-state index is 0.0604. The van der Waals surface area contributed by atoms with E-state index in [0.717, 1.165) is 13.0 Å². The summed E-state index contributed by atoms with van der Waals surface area (Å²) in [5, 5.41) is 5.97. The summed E-state index contributed by atoms with van der Waals surface area (Å²) in [6.45, 7) is 5.23. The summed E-state index contributed by atoms with van der Waals surface area (Å²) in [7, 11) is 0. The van der Waals surface area contributed by atoms with E-state index >= 15 is 0 Å². The van der Waals surface area contributed by atoms with Crippen molar-refractivity contribution in [2.45, 2.75) is 26.3 Å². The van der Waals surface area contributed by atoms with Gasteiger partial charge in [0.05, 0.1) is 6.54 Å². The van der Waals surface area contributed by atoms with Crippen LogP contribution in [0.3, 0.4) is 0 Å². The molecule has 0 aliphatic heterocycles. The maximum atomic E-state index is 11.4. The van der Waals surface area contributed by atoms with Crippen LogP contribution in [0.15, 0.2) is 30.3 Å². The van der Waals surface area contributed by atoms with Gasteiger partial charge in [0.25, 0.3) is 0 Å². The minimum absolute atomic E-state index is 0.0604. The Kier molecular flexibility index (Phi) is 5.57. The van der Waals surface area contributed by atoms with Crippen LogP contribution < -0.4 is 10.6 Å². The van der Waals surface area contributed by atoms with Gasteiger partial charge in [0, 0.05) is 6.04 Å². The highest BCUT2D eigenvalue weighted by Gasteiger charge is 2.06. The number of carbonyl (C=O) groups excluding carboxylic acids is 1. The van der Waals surface area contributed by atoms with Crippen molar-refractivity contribution in [1.82, 2.24) is 10.6 Å². The Balaban J connectivity index is 2.30. The van der Waals surface area contributed by atoms with Gasteiger partial charge in [-0.25, -0.2) is 0 Å². The second kappa shape index (κ2) is 7.01. The average molecular weight is 220 g/mol. The second-order valence-corrected chi connectivity index (χ2v) is 3.94. The van der Waals surface area contributed by atoms with Gasteiger partial charge in [-0.3, -0.25) is 4.79 Å². The van der Waals surface area contributed by atoms with Gasteiger partial charge < -0.3 is 10.6 Å². The largest absolute Gasteiger partial charge is 0.352 e. The highest BCUT2D eigenvalue weighted by atomic mass is 16.1. The Morgan fingerprint density at radius 3 is 2.62 bits per heavy atom. The van der Waals surface area contributed by atoms with Crippen molar-refractivity contribution in [2.24, 2.45) is 0 Å². The first-order chi connectivity index (χ1) is 7.72. The fraction of sp³-hybridized carbons (Fsp3) is 0.462. The maximum absolute atomic E-state index is 11.4. The first kappa shape index (κ1) is 12.7. The van der Waals surface area contributed by atoms with E-state index in [2.05, 4.69) is 22.8 Å². The van der Waals surface area contributed by atoms with Crippen LogP contribution in [0, 0.1) is 0 Å². The molecule has 1 atom stereocenters. The molecule has 0 saturated heterocycles. The lowest BCUT2D eigenvalue weighted by molar-refractivity contribution is -0.120. The molecule has 0 radical (unpaired) electrons. The van der Waals surface area contributed by atoms with Gasteiger partial charge in [-0.15, -0.1) is 0 Å². The van der Waals surface area contributed by atoms with Crippen LogP contribution in [0.5, 0.6) is 0 Å². The smallest absolute Gasteiger partial charge is 0.234 e. The third-order valence-electron chi connectivity index (χ3n) is 2.33. The summed E-state index contributed by atoms with van der Waals surface area (Å²) in [6, 6.07) is 10.4. The summed E-state index contributed by atoms with van der Waals surface area (Å²) in [6.07, 6.45) is 0.874. The zero-order valence-electron chi connectivity index (χ0n) is 9.99. The number of nitrogens with one attached hydrogen (secondary N) is 2. The zero-order chi connectivity index (χ0) is 11.8. The molecule has 3 nitrogen and oxygen atoms in total. The van der Waals surface area contributed by atoms with Crippen LogP contribution in [0.2, 0.25) is 0 Å². The van der Waals surface area contributed by atoms with Crippen molar-refractivity contribution >= 4 is 5.91 Å². The van der Waals surface area contributed by atoms with E-state index in [1.807, 2.05) is 32.0 Å². The van der Waals surface area contributed by atoms with Crippen molar-refractivity contribution < 1.29 is 4.79 Å². The van der Waals surface area contributed by atoms with Crippen LogP contribution in [0.4, 0.5) is 0 Å². The lowest BCUT2D eigenvalue weighted by Gasteiger charge is -2.14. The normalized spacial score (nSPS) is 12.1. The van der Waals surface area contributed by atoms with E-state index in [1.54, 1.807) is 0 Å². The van der Waals surface area contributed by atoms with E-state index in [0.29, 0.717) is 6.54 Å². The van der Waals surface area contributed by atoms with E-state index in [1.165, 1.54) is 5.56 Å². The van der Waals surface area contributed by atoms with Crippen molar-refractivity contribution in [3.63, 3.8) is 0 Å². The highest BCUT2D eigenvalue weighted by Crippen LogP contribution is 2.02. The molecule has 0 bridgehead atoms. The lowest BCUT2D eigenvalue weighted by Crippen LogP contribution is -2.39. The predicted molar refractivity (Wildman–Crippen MR) is 66.3 cm³/mol. The third-order valence-corrected chi connectivity index (χ3v) is 2.33. The molecule has 0 spiro atoms. The fourth-order valence-electron chi connectivity index (χ4n) is 1.58. The number of benzene rings is 1. The van der Waals surface area contributed by atoms with Gasteiger partial charge in [0.2, 0.25) is 5.91 Å². The molecule has 0 aliphatic carbocycles. The molecular weight excluding hydrogens is 200 g/mol. The monoisotopic (exact) mass is 220 g/mol. The number of amides is 1. The van der Waals surface area contributed by atoms with Gasteiger partial charge in [-0.1, -0.05) is 37.3 Å². The molecule has 88 valence electrons. The molecule has 1 unspecified atom stereocenters. The molecule has 0 aliphatic rings. The average Bonchev–Trinajstić information content (AvgIpc) is 2.27. The van der Waals surface area contributed by atoms with E-state index in [-0.39, 0.29) is 11.9 Å². The number of likely N-dealkylation sites (N-methyl/N-ethyl adjacent to an activating group) is 1.